The molecule has 32 heavy (non-hydrogen) atoms. The Morgan fingerprint density at radius 3 is 2.62 bits per heavy atom. The molecule has 3 N–H and O–H groups in total. The molecule has 0 radical (unpaired) electrons. The maximum atomic E-state index is 4.89. The lowest BCUT2D eigenvalue weighted by Crippen LogP contribution is -2.24. The summed E-state index contributed by atoms with van der Waals surface area (Å²) in [4.78, 5) is 14.3. The first-order valence-corrected chi connectivity index (χ1v) is 12.5. The summed E-state index contributed by atoms with van der Waals surface area (Å²) < 4.78 is 0. The minimum atomic E-state index is 0.355. The molecule has 1 aliphatic carbocycles. The maximum Gasteiger partial charge on any atom is 0.224 e. The van der Waals surface area contributed by atoms with Crippen LogP contribution in [0, 0.1) is 0 Å². The van der Waals surface area contributed by atoms with E-state index >= 15 is 0 Å². The zero-order valence-electron chi connectivity index (χ0n) is 19.7. The highest BCUT2D eigenvalue weighted by atomic mass is 15.2. The smallest absolute Gasteiger partial charge is 0.224 e. The number of aromatic nitrogens is 3. The predicted octanol–water partition coefficient (Wildman–Crippen LogP) is 5.65. The Balaban J connectivity index is 1.56. The van der Waals surface area contributed by atoms with E-state index in [4.69, 9.17) is 9.97 Å². The number of nitrogens with one attached hydrogen (secondary N) is 3. The Kier molecular flexibility index (Phi) is 8.10. The fourth-order valence-corrected chi connectivity index (χ4v) is 4.69. The molecule has 0 spiro atoms. The van der Waals surface area contributed by atoms with Gasteiger partial charge in [-0.15, -0.1) is 0 Å². The van der Waals surface area contributed by atoms with Crippen LogP contribution in [0.15, 0.2) is 30.1 Å². The van der Waals surface area contributed by atoms with Crippen LogP contribution < -0.4 is 16.0 Å². The van der Waals surface area contributed by atoms with Crippen molar-refractivity contribution in [3.63, 3.8) is 0 Å². The zero-order valence-corrected chi connectivity index (χ0v) is 19.7. The number of hydrogen-bond donors (Lipinski definition) is 3. The molecule has 6 heteroatoms. The molecule has 6 nitrogen and oxygen atoms in total. The Morgan fingerprint density at radius 2 is 1.91 bits per heavy atom. The molecular formula is C26H38N6. The monoisotopic (exact) mass is 434 g/mol. The third kappa shape index (κ3) is 6.28. The summed E-state index contributed by atoms with van der Waals surface area (Å²) in [7, 11) is 0. The van der Waals surface area contributed by atoms with Crippen molar-refractivity contribution in [3.8, 4) is 11.3 Å². The average Bonchev–Trinajstić information content (AvgIpc) is 2.81. The van der Waals surface area contributed by atoms with Gasteiger partial charge >= 0.3 is 0 Å². The summed E-state index contributed by atoms with van der Waals surface area (Å²) in [5.41, 5.74) is 4.56. The van der Waals surface area contributed by atoms with Gasteiger partial charge in [0.1, 0.15) is 5.82 Å². The van der Waals surface area contributed by atoms with Gasteiger partial charge in [-0.25, -0.2) is 4.98 Å². The summed E-state index contributed by atoms with van der Waals surface area (Å²) in [6, 6.07) is 5.10. The molecule has 2 fully saturated rings. The molecule has 0 aromatic carbocycles. The van der Waals surface area contributed by atoms with Crippen LogP contribution in [-0.2, 0) is 0 Å². The van der Waals surface area contributed by atoms with E-state index in [0.717, 1.165) is 55.8 Å². The van der Waals surface area contributed by atoms with E-state index in [-0.39, 0.29) is 0 Å². The largest absolute Gasteiger partial charge is 0.367 e. The van der Waals surface area contributed by atoms with Gasteiger partial charge in [0.2, 0.25) is 5.95 Å². The first-order chi connectivity index (χ1) is 15.7. The molecule has 1 aliphatic heterocycles. The highest BCUT2D eigenvalue weighted by Crippen LogP contribution is 2.29. The summed E-state index contributed by atoms with van der Waals surface area (Å²) >= 11 is 0. The van der Waals surface area contributed by atoms with Gasteiger partial charge in [-0.2, -0.15) is 4.98 Å². The first-order valence-electron chi connectivity index (χ1n) is 12.5. The van der Waals surface area contributed by atoms with Crippen molar-refractivity contribution in [1.82, 2.24) is 20.3 Å². The van der Waals surface area contributed by atoms with Crippen LogP contribution in [0.4, 0.5) is 11.8 Å². The van der Waals surface area contributed by atoms with Crippen LogP contribution in [-0.4, -0.2) is 40.1 Å². The number of pyridine rings is 1. The van der Waals surface area contributed by atoms with Crippen molar-refractivity contribution in [2.24, 2.45) is 0 Å². The lowest BCUT2D eigenvalue weighted by molar-refractivity contribution is 0.462. The van der Waals surface area contributed by atoms with E-state index in [0.29, 0.717) is 18.0 Å². The number of rotatable bonds is 8. The van der Waals surface area contributed by atoms with E-state index in [9.17, 15) is 0 Å². The second kappa shape index (κ2) is 11.4. The molecule has 172 valence electrons. The Hall–Kier alpha value is -2.47. The Bertz CT molecular complexity index is 878. The molecule has 1 saturated carbocycles. The zero-order chi connectivity index (χ0) is 22.2. The van der Waals surface area contributed by atoms with Gasteiger partial charge in [-0.3, -0.25) is 4.98 Å². The van der Waals surface area contributed by atoms with Crippen molar-refractivity contribution >= 4 is 17.8 Å². The molecule has 0 amide bonds. The summed E-state index contributed by atoms with van der Waals surface area (Å²) in [5.74, 6) is 1.59. The van der Waals surface area contributed by atoms with Crippen LogP contribution in [0.2, 0.25) is 0 Å². The summed E-state index contributed by atoms with van der Waals surface area (Å²) in [6.07, 6.45) is 17.0. The van der Waals surface area contributed by atoms with Gasteiger partial charge in [0.25, 0.3) is 0 Å². The number of hydrogen-bond acceptors (Lipinski definition) is 6. The Morgan fingerprint density at radius 1 is 1.09 bits per heavy atom. The van der Waals surface area contributed by atoms with Crippen LogP contribution in [0.3, 0.4) is 0 Å². The van der Waals surface area contributed by atoms with Gasteiger partial charge in [0.15, 0.2) is 0 Å². The topological polar surface area (TPSA) is 74.8 Å². The van der Waals surface area contributed by atoms with Crippen LogP contribution >= 0.6 is 0 Å². The molecule has 2 aromatic heterocycles. The standard InChI is InChI=1S/C26H38N6/c1-3-7-19(2)30-26-29-18-23(25(32-26)31-22-8-5-4-6-9-22)24-11-10-21(17-28-24)16-20-12-14-27-15-13-20/h10-11,16-19,22,27H,3-9,12-15H2,1-2H3,(H2,29,30,31,32)/t19-/m0/s1. The summed E-state index contributed by atoms with van der Waals surface area (Å²) in [5, 5.41) is 10.6. The molecule has 1 atom stereocenters. The van der Waals surface area contributed by atoms with Gasteiger partial charge in [0, 0.05) is 24.5 Å². The summed E-state index contributed by atoms with van der Waals surface area (Å²) in [6.45, 7) is 6.53. The van der Waals surface area contributed by atoms with Crippen molar-refractivity contribution in [2.75, 3.05) is 23.7 Å². The Labute approximate surface area is 192 Å². The number of anilines is 2. The van der Waals surface area contributed by atoms with Crippen molar-refractivity contribution < 1.29 is 0 Å². The highest BCUT2D eigenvalue weighted by molar-refractivity contribution is 5.73. The lowest BCUT2D eigenvalue weighted by Gasteiger charge is -2.25. The molecule has 0 bridgehead atoms. The quantitative estimate of drug-likeness (QED) is 0.498. The van der Waals surface area contributed by atoms with Gasteiger partial charge in [-0.05, 0) is 63.7 Å². The minimum absolute atomic E-state index is 0.355. The second-order valence-electron chi connectivity index (χ2n) is 9.30. The fourth-order valence-electron chi connectivity index (χ4n) is 4.69. The third-order valence-electron chi connectivity index (χ3n) is 6.51. The number of nitrogens with zero attached hydrogens (tertiary/aromatic N) is 3. The molecule has 4 rings (SSSR count). The first kappa shape index (κ1) is 22.7. The normalized spacial score (nSPS) is 18.2. The van der Waals surface area contributed by atoms with E-state index in [1.807, 2.05) is 12.4 Å². The molecule has 0 unspecified atom stereocenters. The van der Waals surface area contributed by atoms with E-state index in [1.165, 1.54) is 43.2 Å². The second-order valence-corrected chi connectivity index (χ2v) is 9.30. The van der Waals surface area contributed by atoms with Gasteiger partial charge in [0.05, 0.1) is 11.3 Å². The van der Waals surface area contributed by atoms with Gasteiger partial charge < -0.3 is 16.0 Å². The van der Waals surface area contributed by atoms with Crippen LogP contribution in [0.1, 0.15) is 77.2 Å². The molecule has 2 aromatic rings. The van der Waals surface area contributed by atoms with E-state index < -0.39 is 0 Å². The average molecular weight is 435 g/mol. The minimum Gasteiger partial charge on any atom is -0.367 e. The molecular weight excluding hydrogens is 396 g/mol. The van der Waals surface area contributed by atoms with Gasteiger partial charge in [-0.1, -0.05) is 50.3 Å². The van der Waals surface area contributed by atoms with Crippen LogP contribution in [0.5, 0.6) is 0 Å². The lowest BCUT2D eigenvalue weighted by atomic mass is 9.95. The fraction of sp³-hybridized carbons (Fsp3) is 0.577. The number of piperidine rings is 1. The molecule has 2 aliphatic rings. The van der Waals surface area contributed by atoms with E-state index in [2.05, 4.69) is 53.0 Å². The SMILES string of the molecule is CCC[C@H](C)Nc1ncc(-c2ccc(C=C3CCNCC3)cn2)c(NC2CCCCC2)n1. The van der Waals surface area contributed by atoms with Crippen molar-refractivity contribution in [3.05, 3.63) is 35.7 Å². The molecule has 1 saturated heterocycles. The van der Waals surface area contributed by atoms with Crippen LogP contribution in [0.25, 0.3) is 17.3 Å². The highest BCUT2D eigenvalue weighted by Gasteiger charge is 2.18. The predicted molar refractivity (Wildman–Crippen MR) is 134 cm³/mol. The van der Waals surface area contributed by atoms with E-state index in [1.54, 1.807) is 0 Å². The van der Waals surface area contributed by atoms with Crippen molar-refractivity contribution in [2.45, 2.75) is 83.7 Å². The molecule has 3 heterocycles. The third-order valence-corrected chi connectivity index (χ3v) is 6.51. The maximum absolute atomic E-state index is 4.89. The van der Waals surface area contributed by atoms with Crippen molar-refractivity contribution in [1.29, 1.82) is 0 Å².